The molecule has 0 unspecified atom stereocenters. The van der Waals surface area contributed by atoms with E-state index in [1.54, 1.807) is 41.2 Å². The molecule has 0 fully saturated rings. The maximum absolute atomic E-state index is 12.7. The summed E-state index contributed by atoms with van der Waals surface area (Å²) in [6.45, 7) is 3.95. The normalized spacial score (nSPS) is 11.9. The SMILES string of the molecule is CC(C)[C@H](NC(=O)Cn1cnc(Cc2cnc(SCc3cncnc3)[nH]2)c1)C(=O)OCc1ccccc1. The second kappa shape index (κ2) is 12.8. The van der Waals surface area contributed by atoms with Crippen molar-refractivity contribution in [3.63, 3.8) is 0 Å². The number of amides is 1. The Balaban J connectivity index is 1.25. The van der Waals surface area contributed by atoms with Crippen molar-refractivity contribution in [2.75, 3.05) is 0 Å². The minimum Gasteiger partial charge on any atom is -0.459 e. The molecule has 3 heterocycles. The van der Waals surface area contributed by atoms with Gasteiger partial charge in [-0.25, -0.2) is 24.7 Å². The van der Waals surface area contributed by atoms with E-state index in [0.717, 1.165) is 27.7 Å². The number of esters is 1. The molecule has 4 aromatic rings. The number of benzene rings is 1. The maximum atomic E-state index is 12.7. The Morgan fingerprint density at radius 2 is 1.86 bits per heavy atom. The van der Waals surface area contributed by atoms with E-state index in [9.17, 15) is 9.59 Å². The Kier molecular flexibility index (Phi) is 9.03. The van der Waals surface area contributed by atoms with Crippen molar-refractivity contribution < 1.29 is 14.3 Å². The predicted molar refractivity (Wildman–Crippen MR) is 138 cm³/mol. The van der Waals surface area contributed by atoms with Crippen LogP contribution in [0.3, 0.4) is 0 Å². The smallest absolute Gasteiger partial charge is 0.329 e. The average Bonchev–Trinajstić information content (AvgIpc) is 3.55. The summed E-state index contributed by atoms with van der Waals surface area (Å²) in [5.74, 6) is -0.141. The molecule has 10 nitrogen and oxygen atoms in total. The average molecular weight is 520 g/mol. The predicted octanol–water partition coefficient (Wildman–Crippen LogP) is 3.16. The summed E-state index contributed by atoms with van der Waals surface area (Å²) in [4.78, 5) is 45.4. The summed E-state index contributed by atoms with van der Waals surface area (Å²) in [5.41, 5.74) is 3.63. The van der Waals surface area contributed by atoms with Gasteiger partial charge in [-0.15, -0.1) is 0 Å². The van der Waals surface area contributed by atoms with E-state index in [0.29, 0.717) is 12.2 Å². The van der Waals surface area contributed by atoms with Crippen LogP contribution in [0.1, 0.15) is 36.4 Å². The fourth-order valence-electron chi connectivity index (χ4n) is 3.54. The first-order valence-corrected chi connectivity index (χ1v) is 12.9. The molecular formula is C26H29N7O3S. The van der Waals surface area contributed by atoms with Crippen LogP contribution in [0, 0.1) is 5.92 Å². The van der Waals surface area contributed by atoms with Crippen LogP contribution in [0.15, 0.2) is 72.9 Å². The third kappa shape index (κ3) is 8.01. The number of hydrogen-bond donors (Lipinski definition) is 2. The van der Waals surface area contributed by atoms with Crippen LogP contribution < -0.4 is 5.32 Å². The molecule has 0 aliphatic heterocycles. The highest BCUT2D eigenvalue weighted by Crippen LogP contribution is 2.19. The molecule has 0 radical (unpaired) electrons. The first-order chi connectivity index (χ1) is 18.0. The first kappa shape index (κ1) is 26.1. The summed E-state index contributed by atoms with van der Waals surface area (Å²) >= 11 is 1.57. The van der Waals surface area contributed by atoms with Crippen LogP contribution in [0.2, 0.25) is 0 Å². The molecule has 192 valence electrons. The summed E-state index contributed by atoms with van der Waals surface area (Å²) in [6.07, 6.45) is 10.8. The van der Waals surface area contributed by atoms with Crippen LogP contribution in [0.25, 0.3) is 0 Å². The van der Waals surface area contributed by atoms with E-state index >= 15 is 0 Å². The number of thioether (sulfide) groups is 1. The molecule has 37 heavy (non-hydrogen) atoms. The van der Waals surface area contributed by atoms with E-state index in [4.69, 9.17) is 4.74 Å². The Labute approximate surface area is 219 Å². The van der Waals surface area contributed by atoms with Gasteiger partial charge >= 0.3 is 5.97 Å². The van der Waals surface area contributed by atoms with E-state index in [-0.39, 0.29) is 25.0 Å². The molecule has 2 N–H and O–H groups in total. The highest BCUT2D eigenvalue weighted by atomic mass is 32.2. The lowest BCUT2D eigenvalue weighted by Crippen LogP contribution is -2.46. The summed E-state index contributed by atoms with van der Waals surface area (Å²) in [7, 11) is 0. The van der Waals surface area contributed by atoms with E-state index in [1.165, 1.54) is 6.33 Å². The minimum absolute atomic E-state index is 0.0470. The molecule has 0 aliphatic carbocycles. The van der Waals surface area contributed by atoms with Crippen LogP contribution >= 0.6 is 11.8 Å². The lowest BCUT2D eigenvalue weighted by molar-refractivity contribution is -0.150. The Morgan fingerprint density at radius 3 is 2.62 bits per heavy atom. The number of nitrogens with one attached hydrogen (secondary N) is 2. The number of carbonyl (C=O) groups excluding carboxylic acids is 2. The Bertz CT molecular complexity index is 1290. The molecule has 1 aromatic carbocycles. The van der Waals surface area contributed by atoms with Crippen molar-refractivity contribution in [1.82, 2.24) is 34.8 Å². The zero-order chi connectivity index (χ0) is 26.0. The Morgan fingerprint density at radius 1 is 1.08 bits per heavy atom. The van der Waals surface area contributed by atoms with Crippen LogP contribution in [0.4, 0.5) is 0 Å². The second-order valence-electron chi connectivity index (χ2n) is 8.85. The number of aromatic amines is 1. The molecule has 0 saturated heterocycles. The van der Waals surface area contributed by atoms with Crippen LogP contribution in [0.5, 0.6) is 0 Å². The number of carbonyl (C=O) groups is 2. The number of rotatable bonds is 12. The topological polar surface area (TPSA) is 128 Å². The van der Waals surface area contributed by atoms with Gasteiger partial charge < -0.3 is 19.6 Å². The highest BCUT2D eigenvalue weighted by molar-refractivity contribution is 7.98. The van der Waals surface area contributed by atoms with Crippen molar-refractivity contribution >= 4 is 23.6 Å². The second-order valence-corrected chi connectivity index (χ2v) is 9.81. The van der Waals surface area contributed by atoms with Gasteiger partial charge in [-0.1, -0.05) is 55.9 Å². The number of imidazole rings is 2. The standard InChI is InChI=1S/C26H29N7O3S/c1-18(2)24(25(35)36-14-19-6-4-3-5-7-19)32-23(34)13-33-12-22(30-17-33)8-21-11-29-26(31-21)37-15-20-9-27-16-28-10-20/h3-7,9-12,16-18,24H,8,13-15H2,1-2H3,(H,29,31)(H,32,34)/t24-/m0/s1. The van der Waals surface area contributed by atoms with Crippen LogP contribution in [-0.2, 0) is 39.7 Å². The van der Waals surface area contributed by atoms with Gasteiger partial charge in [0.15, 0.2) is 5.16 Å². The summed E-state index contributed by atoms with van der Waals surface area (Å²) in [6, 6.07) is 8.71. The monoisotopic (exact) mass is 519 g/mol. The maximum Gasteiger partial charge on any atom is 0.329 e. The van der Waals surface area contributed by atoms with Crippen molar-refractivity contribution in [1.29, 1.82) is 0 Å². The van der Waals surface area contributed by atoms with Gasteiger partial charge in [-0.05, 0) is 17.0 Å². The summed E-state index contributed by atoms with van der Waals surface area (Å²) < 4.78 is 7.12. The number of hydrogen-bond acceptors (Lipinski definition) is 8. The largest absolute Gasteiger partial charge is 0.459 e. The number of H-pyrrole nitrogens is 1. The molecule has 0 saturated carbocycles. The summed E-state index contributed by atoms with van der Waals surface area (Å²) in [5, 5.41) is 3.60. The van der Waals surface area contributed by atoms with Gasteiger partial charge in [0.05, 0.1) is 12.0 Å². The molecular weight excluding hydrogens is 490 g/mol. The zero-order valence-electron chi connectivity index (χ0n) is 20.7. The number of nitrogens with zero attached hydrogens (tertiary/aromatic N) is 5. The zero-order valence-corrected chi connectivity index (χ0v) is 21.5. The first-order valence-electron chi connectivity index (χ1n) is 11.9. The molecule has 1 atom stereocenters. The lowest BCUT2D eigenvalue weighted by Gasteiger charge is -2.21. The van der Waals surface area contributed by atoms with E-state index < -0.39 is 12.0 Å². The van der Waals surface area contributed by atoms with Crippen molar-refractivity contribution in [3.8, 4) is 0 Å². The fourth-order valence-corrected chi connectivity index (χ4v) is 4.32. The van der Waals surface area contributed by atoms with Gasteiger partial charge in [0, 0.05) is 42.7 Å². The van der Waals surface area contributed by atoms with Gasteiger partial charge in [0.2, 0.25) is 5.91 Å². The van der Waals surface area contributed by atoms with Gasteiger partial charge in [0.25, 0.3) is 0 Å². The van der Waals surface area contributed by atoms with E-state index in [2.05, 4.69) is 30.2 Å². The highest BCUT2D eigenvalue weighted by Gasteiger charge is 2.26. The van der Waals surface area contributed by atoms with Crippen molar-refractivity contribution in [2.45, 2.75) is 50.4 Å². The number of ether oxygens (including phenoxy) is 1. The lowest BCUT2D eigenvalue weighted by atomic mass is 10.0. The number of aromatic nitrogens is 6. The third-order valence-corrected chi connectivity index (χ3v) is 6.40. The van der Waals surface area contributed by atoms with Crippen molar-refractivity contribution in [3.05, 3.63) is 90.3 Å². The molecule has 1 amide bonds. The quantitative estimate of drug-likeness (QED) is 0.216. The Hall–Kier alpha value is -3.99. The van der Waals surface area contributed by atoms with Gasteiger partial charge in [-0.2, -0.15) is 0 Å². The van der Waals surface area contributed by atoms with Gasteiger partial charge in [0.1, 0.15) is 25.5 Å². The van der Waals surface area contributed by atoms with E-state index in [1.807, 2.05) is 50.4 Å². The molecule has 3 aromatic heterocycles. The van der Waals surface area contributed by atoms with Crippen LogP contribution in [-0.4, -0.2) is 47.4 Å². The molecule has 0 aliphatic rings. The third-order valence-electron chi connectivity index (χ3n) is 5.44. The van der Waals surface area contributed by atoms with Gasteiger partial charge in [-0.3, -0.25) is 4.79 Å². The molecule has 0 spiro atoms. The minimum atomic E-state index is -0.734. The molecule has 4 rings (SSSR count). The van der Waals surface area contributed by atoms with Crippen molar-refractivity contribution in [2.24, 2.45) is 5.92 Å². The molecule has 0 bridgehead atoms. The fraction of sp³-hybridized carbons (Fsp3) is 0.308. The molecule has 11 heteroatoms.